The molecule has 0 spiro atoms. The van der Waals surface area contributed by atoms with Crippen LogP contribution in [0.1, 0.15) is 20.3 Å². The molecule has 6 nitrogen and oxygen atoms in total. The highest BCUT2D eigenvalue weighted by Crippen LogP contribution is 2.33. The van der Waals surface area contributed by atoms with Crippen LogP contribution in [0.25, 0.3) is 10.8 Å². The first-order chi connectivity index (χ1) is 9.88. The minimum Gasteiger partial charge on any atom is -0.502 e. The van der Waals surface area contributed by atoms with Gasteiger partial charge in [0.05, 0.1) is 16.2 Å². The van der Waals surface area contributed by atoms with Gasteiger partial charge in [0.15, 0.2) is 5.75 Å². The third-order valence-electron chi connectivity index (χ3n) is 3.10. The lowest BCUT2D eigenvalue weighted by Crippen LogP contribution is -2.06. The summed E-state index contributed by atoms with van der Waals surface area (Å²) in [6.45, 7) is 3.56. The number of carboxylic acids is 1. The van der Waals surface area contributed by atoms with Crippen molar-refractivity contribution in [2.45, 2.75) is 20.3 Å². The molecule has 2 N–H and O–H groups in total. The lowest BCUT2D eigenvalue weighted by Gasteiger charge is -2.00. The molecular weight excluding hydrogens is 274 g/mol. The topological polar surface area (TPSA) is 101 Å². The fourth-order valence-electron chi connectivity index (χ4n) is 1.61. The van der Waals surface area contributed by atoms with Crippen molar-refractivity contribution in [3.63, 3.8) is 0 Å². The van der Waals surface area contributed by atoms with Gasteiger partial charge in [-0.2, -0.15) is 0 Å². The van der Waals surface area contributed by atoms with E-state index in [1.807, 2.05) is 6.92 Å². The number of carboxylic acid groups (broad SMARTS) is 1. The van der Waals surface area contributed by atoms with E-state index in [-0.39, 0.29) is 17.4 Å². The number of rotatable bonds is 3. The van der Waals surface area contributed by atoms with Gasteiger partial charge in [0.1, 0.15) is 0 Å². The zero-order valence-corrected chi connectivity index (χ0v) is 11.8. The number of hydrogen-bond acceptors (Lipinski definition) is 4. The number of carbonyl (C=O) groups is 1. The Morgan fingerprint density at radius 3 is 2.38 bits per heavy atom. The van der Waals surface area contributed by atoms with Crippen LogP contribution in [0.4, 0.5) is 5.69 Å². The summed E-state index contributed by atoms with van der Waals surface area (Å²) in [6, 6.07) is 9.87. The van der Waals surface area contributed by atoms with Crippen LogP contribution in [0, 0.1) is 16.0 Å². The van der Waals surface area contributed by atoms with Gasteiger partial charge >= 0.3 is 11.7 Å². The number of benzene rings is 2. The Bertz CT molecular complexity index is 654. The van der Waals surface area contributed by atoms with Crippen LogP contribution in [-0.2, 0) is 4.79 Å². The summed E-state index contributed by atoms with van der Waals surface area (Å²) in [4.78, 5) is 20.0. The standard InChI is InChI=1S/C10H7NO3.C5H10O2/c12-9-6-5-7-3-1-2-4-8(7)10(9)11(13)14;1-3-4(2)5(6)7/h1-6,12H;4H,3H2,1-2H3,(H,6,7). The summed E-state index contributed by atoms with van der Waals surface area (Å²) >= 11 is 0. The average Bonchev–Trinajstić information content (AvgIpc) is 2.46. The largest absolute Gasteiger partial charge is 0.502 e. The van der Waals surface area contributed by atoms with Crippen molar-refractivity contribution < 1.29 is 19.9 Å². The van der Waals surface area contributed by atoms with Crippen molar-refractivity contribution in [3.8, 4) is 5.75 Å². The van der Waals surface area contributed by atoms with Crippen LogP contribution < -0.4 is 0 Å². The number of phenolic OH excluding ortho intramolecular Hbond substituents is 1. The van der Waals surface area contributed by atoms with Crippen molar-refractivity contribution in [1.29, 1.82) is 0 Å². The Kier molecular flexibility index (Phi) is 5.66. The number of nitrogens with zero attached hydrogens (tertiary/aromatic N) is 1. The molecule has 0 saturated heterocycles. The van der Waals surface area contributed by atoms with Crippen molar-refractivity contribution in [1.82, 2.24) is 0 Å². The van der Waals surface area contributed by atoms with E-state index in [4.69, 9.17) is 5.11 Å². The highest BCUT2D eigenvalue weighted by Gasteiger charge is 2.16. The fourth-order valence-corrected chi connectivity index (χ4v) is 1.61. The molecule has 0 amide bonds. The Balaban J connectivity index is 0.000000270. The summed E-state index contributed by atoms with van der Waals surface area (Å²) < 4.78 is 0. The highest BCUT2D eigenvalue weighted by molar-refractivity contribution is 5.93. The quantitative estimate of drug-likeness (QED) is 0.665. The van der Waals surface area contributed by atoms with Crippen molar-refractivity contribution >= 4 is 22.4 Å². The Labute approximate surface area is 121 Å². The number of nitro benzene ring substituents is 1. The molecule has 0 aliphatic rings. The Morgan fingerprint density at radius 2 is 1.90 bits per heavy atom. The summed E-state index contributed by atoms with van der Waals surface area (Å²) in [5.74, 6) is -1.18. The van der Waals surface area contributed by atoms with E-state index in [2.05, 4.69) is 0 Å². The summed E-state index contributed by atoms with van der Waals surface area (Å²) in [5.41, 5.74) is -0.233. The van der Waals surface area contributed by atoms with Crippen LogP contribution >= 0.6 is 0 Å². The van der Waals surface area contributed by atoms with Crippen LogP contribution in [0.5, 0.6) is 5.75 Å². The smallest absolute Gasteiger partial charge is 0.318 e. The van der Waals surface area contributed by atoms with Gasteiger partial charge in [-0.25, -0.2) is 0 Å². The number of fused-ring (bicyclic) bond motifs is 1. The maximum atomic E-state index is 10.7. The lowest BCUT2D eigenvalue weighted by atomic mass is 10.1. The first kappa shape index (κ1) is 16.4. The molecule has 0 aromatic heterocycles. The van der Waals surface area contributed by atoms with Gasteiger partial charge in [-0.05, 0) is 23.9 Å². The second-order valence-corrected chi connectivity index (χ2v) is 4.56. The van der Waals surface area contributed by atoms with E-state index >= 15 is 0 Å². The molecule has 21 heavy (non-hydrogen) atoms. The Morgan fingerprint density at radius 1 is 1.29 bits per heavy atom. The molecule has 0 bridgehead atoms. The zero-order chi connectivity index (χ0) is 16.0. The number of aliphatic carboxylic acids is 1. The lowest BCUT2D eigenvalue weighted by molar-refractivity contribution is -0.384. The molecule has 0 aliphatic heterocycles. The molecule has 2 aromatic carbocycles. The van der Waals surface area contributed by atoms with Crippen molar-refractivity contribution in [2.75, 3.05) is 0 Å². The van der Waals surface area contributed by atoms with E-state index in [9.17, 15) is 20.0 Å². The number of hydrogen-bond donors (Lipinski definition) is 2. The van der Waals surface area contributed by atoms with Crippen molar-refractivity contribution in [3.05, 3.63) is 46.5 Å². The van der Waals surface area contributed by atoms with Gasteiger partial charge in [0.25, 0.3) is 0 Å². The van der Waals surface area contributed by atoms with Crippen LogP contribution in [0.3, 0.4) is 0 Å². The van der Waals surface area contributed by atoms with Gasteiger partial charge in [-0.1, -0.05) is 38.1 Å². The minimum absolute atomic E-state index is 0.181. The predicted molar refractivity (Wildman–Crippen MR) is 79.4 cm³/mol. The number of aromatic hydroxyl groups is 1. The molecule has 0 aliphatic carbocycles. The molecule has 0 saturated carbocycles. The molecule has 0 radical (unpaired) electrons. The molecule has 112 valence electrons. The molecular formula is C15H17NO5. The molecule has 1 atom stereocenters. The number of phenols is 1. The summed E-state index contributed by atoms with van der Waals surface area (Å²) in [5, 5.41) is 29.4. The SMILES string of the molecule is CCC(C)C(=O)O.O=[N+]([O-])c1c(O)ccc2ccccc12. The van der Waals surface area contributed by atoms with Gasteiger partial charge < -0.3 is 10.2 Å². The third kappa shape index (κ3) is 4.17. The fraction of sp³-hybridized carbons (Fsp3) is 0.267. The second kappa shape index (κ2) is 7.23. The van der Waals surface area contributed by atoms with Crippen LogP contribution in [-0.4, -0.2) is 21.1 Å². The first-order valence-corrected chi connectivity index (χ1v) is 6.46. The van der Waals surface area contributed by atoms with E-state index < -0.39 is 10.9 Å². The van der Waals surface area contributed by atoms with E-state index in [1.54, 1.807) is 37.3 Å². The van der Waals surface area contributed by atoms with E-state index in [0.717, 1.165) is 11.8 Å². The van der Waals surface area contributed by atoms with Crippen LogP contribution in [0.15, 0.2) is 36.4 Å². The normalized spacial score (nSPS) is 11.3. The molecule has 2 aromatic rings. The van der Waals surface area contributed by atoms with E-state index in [0.29, 0.717) is 5.39 Å². The average molecular weight is 291 g/mol. The third-order valence-corrected chi connectivity index (χ3v) is 3.10. The predicted octanol–water partition coefficient (Wildman–Crippen LogP) is 3.57. The maximum Gasteiger partial charge on any atom is 0.318 e. The molecule has 6 heteroatoms. The second-order valence-electron chi connectivity index (χ2n) is 4.56. The monoisotopic (exact) mass is 291 g/mol. The molecule has 0 heterocycles. The van der Waals surface area contributed by atoms with Gasteiger partial charge in [0.2, 0.25) is 0 Å². The first-order valence-electron chi connectivity index (χ1n) is 6.46. The van der Waals surface area contributed by atoms with Gasteiger partial charge in [-0.15, -0.1) is 0 Å². The maximum absolute atomic E-state index is 10.7. The van der Waals surface area contributed by atoms with Crippen molar-refractivity contribution in [2.24, 2.45) is 5.92 Å². The number of nitro groups is 1. The van der Waals surface area contributed by atoms with Crippen LogP contribution in [0.2, 0.25) is 0 Å². The van der Waals surface area contributed by atoms with Gasteiger partial charge in [0, 0.05) is 0 Å². The summed E-state index contributed by atoms with van der Waals surface area (Å²) in [6.07, 6.45) is 0.718. The Hall–Kier alpha value is -2.63. The molecule has 1 unspecified atom stereocenters. The van der Waals surface area contributed by atoms with E-state index in [1.165, 1.54) is 6.07 Å². The molecule has 2 rings (SSSR count). The summed E-state index contributed by atoms with van der Waals surface area (Å²) in [7, 11) is 0. The molecule has 0 fully saturated rings. The minimum atomic E-state index is -0.706. The van der Waals surface area contributed by atoms with Gasteiger partial charge in [-0.3, -0.25) is 14.9 Å². The zero-order valence-electron chi connectivity index (χ0n) is 11.8. The highest BCUT2D eigenvalue weighted by atomic mass is 16.6.